The fraction of sp³-hybridized carbons (Fsp3) is 0.273. The van der Waals surface area contributed by atoms with Crippen LogP contribution in [0.15, 0.2) is 48.9 Å². The standard InChI is InChI=1S/C22H25N9O/c1-15-11-16(2)24-18(12-15)26-22-27-19(14-20(28-22)29-31-7-9-32-10-8-31)25-17-3-5-30-6-4-23-21(30)13-17/h3-6,11-14H,7-10H2,1-2H3,(H3,24,25,26,27,28,29). The van der Waals surface area contributed by atoms with E-state index in [9.17, 15) is 0 Å². The summed E-state index contributed by atoms with van der Waals surface area (Å²) in [6.45, 7) is 6.94. The number of morpholine rings is 1. The third kappa shape index (κ3) is 4.76. The minimum Gasteiger partial charge on any atom is -0.379 e. The number of anilines is 5. The summed E-state index contributed by atoms with van der Waals surface area (Å²) in [7, 11) is 0. The normalized spacial score (nSPS) is 14.4. The summed E-state index contributed by atoms with van der Waals surface area (Å²) < 4.78 is 7.39. The van der Waals surface area contributed by atoms with Crippen LogP contribution in [0.2, 0.25) is 0 Å². The number of aryl methyl sites for hydroxylation is 2. The Kier molecular flexibility index (Phi) is 5.53. The van der Waals surface area contributed by atoms with Crippen molar-refractivity contribution in [2.75, 3.05) is 42.4 Å². The summed E-state index contributed by atoms with van der Waals surface area (Å²) in [6, 6.07) is 9.82. The maximum absolute atomic E-state index is 5.44. The minimum absolute atomic E-state index is 0.449. The van der Waals surface area contributed by atoms with Crippen LogP contribution >= 0.6 is 0 Å². The van der Waals surface area contributed by atoms with E-state index in [0.717, 1.165) is 35.7 Å². The molecule has 5 rings (SSSR count). The fourth-order valence-corrected chi connectivity index (χ4v) is 3.62. The Morgan fingerprint density at radius 2 is 1.69 bits per heavy atom. The van der Waals surface area contributed by atoms with Crippen LogP contribution in [-0.4, -0.2) is 55.6 Å². The van der Waals surface area contributed by atoms with Crippen molar-refractivity contribution in [3.05, 3.63) is 60.2 Å². The average Bonchev–Trinajstić information content (AvgIpc) is 3.21. The molecular formula is C22H25N9O. The van der Waals surface area contributed by atoms with Crippen molar-refractivity contribution >= 4 is 34.7 Å². The molecule has 0 amide bonds. The highest BCUT2D eigenvalue weighted by molar-refractivity contribution is 5.65. The molecule has 0 saturated carbocycles. The minimum atomic E-state index is 0.449. The van der Waals surface area contributed by atoms with Gasteiger partial charge in [0, 0.05) is 55.2 Å². The maximum atomic E-state index is 5.44. The second kappa shape index (κ2) is 8.77. The third-order valence-corrected chi connectivity index (χ3v) is 5.02. The first kappa shape index (κ1) is 20.2. The smallest absolute Gasteiger partial charge is 0.232 e. The molecule has 1 fully saturated rings. The van der Waals surface area contributed by atoms with Gasteiger partial charge in [0.15, 0.2) is 0 Å². The highest BCUT2D eigenvalue weighted by Gasteiger charge is 2.13. The second-order valence-corrected chi connectivity index (χ2v) is 7.70. The number of hydrogen-bond donors (Lipinski definition) is 3. The Morgan fingerprint density at radius 1 is 0.875 bits per heavy atom. The molecule has 0 aromatic carbocycles. The van der Waals surface area contributed by atoms with Crippen LogP contribution in [0.4, 0.5) is 29.1 Å². The lowest BCUT2D eigenvalue weighted by Crippen LogP contribution is -2.40. The van der Waals surface area contributed by atoms with Gasteiger partial charge in [-0.3, -0.25) is 0 Å². The van der Waals surface area contributed by atoms with Gasteiger partial charge in [0.2, 0.25) is 5.95 Å². The van der Waals surface area contributed by atoms with Gasteiger partial charge in [-0.25, -0.2) is 15.0 Å². The number of nitrogens with zero attached hydrogens (tertiary/aromatic N) is 6. The fourth-order valence-electron chi connectivity index (χ4n) is 3.62. The van der Waals surface area contributed by atoms with E-state index in [2.05, 4.69) is 41.0 Å². The zero-order chi connectivity index (χ0) is 21.9. The SMILES string of the molecule is Cc1cc(C)nc(Nc2nc(Nc3ccn4ccnc4c3)cc(NN3CCOCC3)n2)c1. The molecule has 4 aromatic heterocycles. The first-order valence-corrected chi connectivity index (χ1v) is 10.5. The number of fused-ring (bicyclic) bond motifs is 1. The van der Waals surface area contributed by atoms with Crippen molar-refractivity contribution in [3.63, 3.8) is 0 Å². The van der Waals surface area contributed by atoms with E-state index in [1.807, 2.05) is 61.0 Å². The molecule has 0 atom stereocenters. The molecule has 0 radical (unpaired) electrons. The largest absolute Gasteiger partial charge is 0.379 e. The number of hydrogen-bond acceptors (Lipinski definition) is 9. The third-order valence-electron chi connectivity index (χ3n) is 5.02. The van der Waals surface area contributed by atoms with Gasteiger partial charge >= 0.3 is 0 Å². The van der Waals surface area contributed by atoms with Crippen LogP contribution in [0, 0.1) is 13.8 Å². The molecule has 4 aromatic rings. The van der Waals surface area contributed by atoms with E-state index in [-0.39, 0.29) is 0 Å². The van der Waals surface area contributed by atoms with E-state index in [1.165, 1.54) is 0 Å². The lowest BCUT2D eigenvalue weighted by Gasteiger charge is -2.27. The van der Waals surface area contributed by atoms with E-state index in [1.54, 1.807) is 6.20 Å². The van der Waals surface area contributed by atoms with Crippen molar-refractivity contribution in [2.24, 2.45) is 0 Å². The quantitative estimate of drug-likeness (QED) is 0.424. The van der Waals surface area contributed by atoms with Crippen LogP contribution in [0.3, 0.4) is 0 Å². The Labute approximate surface area is 185 Å². The van der Waals surface area contributed by atoms with E-state index in [4.69, 9.17) is 4.74 Å². The number of imidazole rings is 1. The first-order chi connectivity index (χ1) is 15.6. The van der Waals surface area contributed by atoms with Crippen molar-refractivity contribution in [1.29, 1.82) is 0 Å². The van der Waals surface area contributed by atoms with Crippen LogP contribution in [0.1, 0.15) is 11.3 Å². The van der Waals surface area contributed by atoms with Gasteiger partial charge in [-0.15, -0.1) is 0 Å². The van der Waals surface area contributed by atoms with Crippen LogP contribution in [-0.2, 0) is 4.74 Å². The summed E-state index contributed by atoms with van der Waals surface area (Å²) in [5, 5.41) is 8.69. The molecule has 1 aliphatic heterocycles. The molecule has 3 N–H and O–H groups in total. The Balaban J connectivity index is 1.44. The van der Waals surface area contributed by atoms with Gasteiger partial charge in [-0.1, -0.05) is 0 Å². The number of aromatic nitrogens is 5. The predicted octanol–water partition coefficient (Wildman–Crippen LogP) is 3.28. The lowest BCUT2D eigenvalue weighted by atomic mass is 10.2. The molecule has 0 spiro atoms. The predicted molar refractivity (Wildman–Crippen MR) is 124 cm³/mol. The van der Waals surface area contributed by atoms with Crippen molar-refractivity contribution in [2.45, 2.75) is 13.8 Å². The lowest BCUT2D eigenvalue weighted by molar-refractivity contribution is 0.0495. The summed E-state index contributed by atoms with van der Waals surface area (Å²) >= 11 is 0. The molecule has 5 heterocycles. The highest BCUT2D eigenvalue weighted by atomic mass is 16.5. The van der Waals surface area contributed by atoms with Gasteiger partial charge in [0.05, 0.1) is 13.2 Å². The van der Waals surface area contributed by atoms with Gasteiger partial charge in [0.1, 0.15) is 23.1 Å². The van der Waals surface area contributed by atoms with Gasteiger partial charge < -0.3 is 25.2 Å². The number of nitrogens with one attached hydrogen (secondary N) is 3. The first-order valence-electron chi connectivity index (χ1n) is 10.5. The van der Waals surface area contributed by atoms with Gasteiger partial charge in [-0.2, -0.15) is 9.97 Å². The topological polar surface area (TPSA) is 105 Å². The van der Waals surface area contributed by atoms with Gasteiger partial charge in [-0.05, 0) is 37.6 Å². The van der Waals surface area contributed by atoms with E-state index >= 15 is 0 Å². The summed E-state index contributed by atoms with van der Waals surface area (Å²) in [4.78, 5) is 18.2. The molecule has 10 heteroatoms. The molecule has 1 aliphatic rings. The molecule has 164 valence electrons. The zero-order valence-electron chi connectivity index (χ0n) is 18.0. The Bertz CT molecular complexity index is 1210. The Morgan fingerprint density at radius 3 is 2.53 bits per heavy atom. The summed E-state index contributed by atoms with van der Waals surface area (Å²) in [5.74, 6) is 2.48. The van der Waals surface area contributed by atoms with Crippen LogP contribution in [0.5, 0.6) is 0 Å². The maximum Gasteiger partial charge on any atom is 0.232 e. The zero-order valence-corrected chi connectivity index (χ0v) is 18.0. The molecule has 0 bridgehead atoms. The van der Waals surface area contributed by atoms with Crippen LogP contribution < -0.4 is 16.1 Å². The van der Waals surface area contributed by atoms with Crippen molar-refractivity contribution in [3.8, 4) is 0 Å². The molecule has 1 saturated heterocycles. The summed E-state index contributed by atoms with van der Waals surface area (Å²) in [5.41, 5.74) is 7.16. The molecular weight excluding hydrogens is 406 g/mol. The number of hydrazine groups is 1. The summed E-state index contributed by atoms with van der Waals surface area (Å²) in [6.07, 6.45) is 5.64. The molecule has 0 unspecified atom stereocenters. The number of rotatable bonds is 6. The van der Waals surface area contributed by atoms with Crippen LogP contribution in [0.25, 0.3) is 5.65 Å². The number of pyridine rings is 2. The van der Waals surface area contributed by atoms with Crippen molar-refractivity contribution < 1.29 is 4.74 Å². The highest BCUT2D eigenvalue weighted by Crippen LogP contribution is 2.22. The van der Waals surface area contributed by atoms with E-state index in [0.29, 0.717) is 36.6 Å². The van der Waals surface area contributed by atoms with Crippen molar-refractivity contribution in [1.82, 2.24) is 29.3 Å². The molecule has 0 aliphatic carbocycles. The van der Waals surface area contributed by atoms with E-state index < -0.39 is 0 Å². The van der Waals surface area contributed by atoms with Gasteiger partial charge in [0.25, 0.3) is 0 Å². The average molecular weight is 432 g/mol. The molecule has 32 heavy (non-hydrogen) atoms. The second-order valence-electron chi connectivity index (χ2n) is 7.70. The monoisotopic (exact) mass is 431 g/mol. The number of ether oxygens (including phenoxy) is 1. The molecule has 10 nitrogen and oxygen atoms in total. The Hall–Kier alpha value is -3.76.